The molecular weight excluding hydrogens is 797 g/mol. The van der Waals surface area contributed by atoms with Crippen LogP contribution in [-0.2, 0) is 10.8 Å². The summed E-state index contributed by atoms with van der Waals surface area (Å²) in [6.07, 6.45) is 0. The molecule has 312 valence electrons. The summed E-state index contributed by atoms with van der Waals surface area (Å²) in [4.78, 5) is 4.24. The van der Waals surface area contributed by atoms with Gasteiger partial charge < -0.3 is 9.80 Å². The van der Waals surface area contributed by atoms with Crippen molar-refractivity contribution >= 4 is 34.1 Å². The lowest BCUT2D eigenvalue weighted by molar-refractivity contribution is 0.660. The van der Waals surface area contributed by atoms with Gasteiger partial charge in [0.2, 0.25) is 0 Å². The molecule has 0 fully saturated rings. The van der Waals surface area contributed by atoms with Crippen molar-refractivity contribution in [3.8, 4) is 44.5 Å². The smallest absolute Gasteiger partial charge is 0.0727 e. The molecule has 10 aromatic carbocycles. The second kappa shape index (κ2) is 14.7. The minimum absolute atomic E-state index is 0.0827. The van der Waals surface area contributed by atoms with E-state index in [4.69, 9.17) is 4.11 Å². The average molecular weight is 848 g/mol. The normalized spacial score (nSPS) is 16.4. The maximum absolute atomic E-state index is 9.38. The molecular formula is C64H46N2. The number of rotatable bonds is 7. The van der Waals surface area contributed by atoms with Gasteiger partial charge in [-0.3, -0.25) is 0 Å². The van der Waals surface area contributed by atoms with Gasteiger partial charge in [-0.05, 0) is 151 Å². The standard InChI is InChI=1S/C64H46N2/c1-63(2)56-32-18-15-29-50(56)52-37-35-47(40-59(52)63)66(46-27-13-6-14-28-46)48-36-38-53-51-30-16-19-33-57(51)64(60(53)41-48)58-34-20-17-31-54(58)62-55(43-21-7-3-8-22-43)39-49(42-61(62)64)65(44-23-9-4-10-24-44)45-25-11-5-12-26-45/h3-42H,1-2H3/i4D,9D,10D,23D,24D. The highest BCUT2D eigenvalue weighted by Crippen LogP contribution is 2.65. The number of nitrogens with zero attached hydrogens (tertiary/aromatic N) is 2. The Morgan fingerprint density at radius 2 is 0.773 bits per heavy atom. The Morgan fingerprint density at radius 3 is 1.41 bits per heavy atom. The van der Waals surface area contributed by atoms with Crippen LogP contribution < -0.4 is 9.80 Å². The summed E-state index contributed by atoms with van der Waals surface area (Å²) in [5, 5.41) is 0. The first-order valence-corrected chi connectivity index (χ1v) is 22.7. The van der Waals surface area contributed by atoms with Gasteiger partial charge in [-0.15, -0.1) is 0 Å². The van der Waals surface area contributed by atoms with Crippen molar-refractivity contribution in [3.63, 3.8) is 0 Å². The number of hydrogen-bond donors (Lipinski definition) is 0. The molecule has 3 aliphatic rings. The van der Waals surface area contributed by atoms with E-state index in [0.29, 0.717) is 11.4 Å². The van der Waals surface area contributed by atoms with Gasteiger partial charge in [0.25, 0.3) is 0 Å². The quantitative estimate of drug-likeness (QED) is 0.158. The maximum Gasteiger partial charge on any atom is 0.0727 e. The van der Waals surface area contributed by atoms with Crippen molar-refractivity contribution < 1.29 is 6.85 Å². The van der Waals surface area contributed by atoms with Crippen LogP contribution in [0.3, 0.4) is 0 Å². The monoisotopic (exact) mass is 847 g/mol. The SMILES string of the molecule is [2H]c1c([2H])c([2H])c(N(c2ccccc2)c2cc(-c3ccccc3)c3c(c2)C2(c4ccccc4-c4ccc(N(c5ccccc5)c5ccc6c(c5)C(C)(C)c5ccccc5-6)cc42)c2ccccc2-3)c([2H])c1[2H]. The fourth-order valence-corrected chi connectivity index (χ4v) is 11.5. The molecule has 1 unspecified atom stereocenters. The second-order valence-corrected chi connectivity index (χ2v) is 18.1. The van der Waals surface area contributed by atoms with Gasteiger partial charge in [-0.1, -0.05) is 184 Å². The first kappa shape index (κ1) is 33.3. The Kier molecular flexibility index (Phi) is 7.41. The Balaban J connectivity index is 1.11. The molecule has 2 nitrogen and oxygen atoms in total. The first-order valence-electron chi connectivity index (χ1n) is 25.2. The number of anilines is 6. The van der Waals surface area contributed by atoms with Crippen molar-refractivity contribution in [2.75, 3.05) is 9.80 Å². The largest absolute Gasteiger partial charge is 0.310 e. The molecule has 0 heterocycles. The zero-order chi connectivity index (χ0) is 48.3. The van der Waals surface area contributed by atoms with E-state index in [9.17, 15) is 2.74 Å². The van der Waals surface area contributed by atoms with Crippen molar-refractivity contribution in [2.45, 2.75) is 24.7 Å². The predicted octanol–water partition coefficient (Wildman–Crippen LogP) is 16.9. The van der Waals surface area contributed by atoms with Gasteiger partial charge in [-0.25, -0.2) is 0 Å². The summed E-state index contributed by atoms with van der Waals surface area (Å²) in [5.74, 6) is 0. The molecule has 0 saturated carbocycles. The molecule has 0 amide bonds. The minimum Gasteiger partial charge on any atom is -0.310 e. The molecule has 0 aromatic heterocycles. The van der Waals surface area contributed by atoms with Crippen LogP contribution in [0.1, 0.15) is 54.1 Å². The highest BCUT2D eigenvalue weighted by atomic mass is 15.1. The summed E-state index contributed by atoms with van der Waals surface area (Å²) in [7, 11) is 0. The molecule has 0 bridgehead atoms. The molecule has 0 radical (unpaired) electrons. The van der Waals surface area contributed by atoms with Crippen LogP contribution in [0, 0.1) is 0 Å². The predicted molar refractivity (Wildman–Crippen MR) is 275 cm³/mol. The van der Waals surface area contributed by atoms with Crippen LogP contribution in [-0.4, -0.2) is 0 Å². The molecule has 0 aliphatic heterocycles. The molecule has 0 N–H and O–H groups in total. The summed E-state index contributed by atoms with van der Waals surface area (Å²) in [6, 6.07) is 73.5. The highest BCUT2D eigenvalue weighted by Gasteiger charge is 2.53. The molecule has 66 heavy (non-hydrogen) atoms. The van der Waals surface area contributed by atoms with Crippen LogP contribution in [0.2, 0.25) is 0 Å². The topological polar surface area (TPSA) is 6.48 Å². The zero-order valence-electron chi connectivity index (χ0n) is 41.6. The second-order valence-electron chi connectivity index (χ2n) is 18.1. The van der Waals surface area contributed by atoms with Gasteiger partial charge in [0, 0.05) is 39.5 Å². The number of para-hydroxylation sites is 3. The van der Waals surface area contributed by atoms with E-state index >= 15 is 0 Å². The minimum atomic E-state index is -0.834. The number of fused-ring (bicyclic) bond motifs is 13. The number of hydrogen-bond acceptors (Lipinski definition) is 2. The van der Waals surface area contributed by atoms with Gasteiger partial charge >= 0.3 is 0 Å². The Bertz CT molecular complexity index is 3790. The van der Waals surface area contributed by atoms with Crippen LogP contribution in [0.25, 0.3) is 44.5 Å². The fraction of sp³-hybridized carbons (Fsp3) is 0.0625. The van der Waals surface area contributed by atoms with Crippen LogP contribution in [0.4, 0.5) is 34.1 Å². The zero-order valence-corrected chi connectivity index (χ0v) is 36.6. The molecule has 1 spiro atoms. The van der Waals surface area contributed by atoms with Crippen molar-refractivity contribution in [1.82, 2.24) is 0 Å². The lowest BCUT2D eigenvalue weighted by Crippen LogP contribution is -2.26. The molecule has 3 aliphatic carbocycles. The van der Waals surface area contributed by atoms with Crippen molar-refractivity contribution in [1.29, 1.82) is 0 Å². The van der Waals surface area contributed by atoms with Crippen LogP contribution >= 0.6 is 0 Å². The van der Waals surface area contributed by atoms with E-state index in [2.05, 4.69) is 195 Å². The van der Waals surface area contributed by atoms with Crippen molar-refractivity contribution in [3.05, 3.63) is 276 Å². The Labute approximate surface area is 394 Å². The van der Waals surface area contributed by atoms with E-state index < -0.39 is 11.5 Å². The third-order valence-corrected chi connectivity index (χ3v) is 14.3. The Hall–Kier alpha value is -8.20. The maximum atomic E-state index is 9.38. The molecule has 2 heteroatoms. The van der Waals surface area contributed by atoms with Crippen molar-refractivity contribution in [2.24, 2.45) is 0 Å². The van der Waals surface area contributed by atoms with E-state index in [0.717, 1.165) is 72.7 Å². The Morgan fingerprint density at radius 1 is 0.318 bits per heavy atom. The van der Waals surface area contributed by atoms with E-state index in [1.54, 1.807) is 0 Å². The summed E-state index contributed by atoms with van der Waals surface area (Å²) in [6.45, 7) is 4.66. The van der Waals surface area contributed by atoms with E-state index in [1.165, 1.54) is 22.3 Å². The molecule has 13 rings (SSSR count). The van der Waals surface area contributed by atoms with E-state index in [-0.39, 0.29) is 35.3 Å². The van der Waals surface area contributed by atoms with Gasteiger partial charge in [0.05, 0.1) is 12.3 Å². The summed E-state index contributed by atoms with van der Waals surface area (Å²) < 4.78 is 45.0. The highest BCUT2D eigenvalue weighted by molar-refractivity contribution is 6.02. The molecule has 10 aromatic rings. The fourth-order valence-electron chi connectivity index (χ4n) is 11.5. The lowest BCUT2D eigenvalue weighted by atomic mass is 9.70. The third kappa shape index (κ3) is 5.48. The van der Waals surface area contributed by atoms with Crippen LogP contribution in [0.5, 0.6) is 0 Å². The van der Waals surface area contributed by atoms with Crippen LogP contribution in [0.15, 0.2) is 243 Å². The third-order valence-electron chi connectivity index (χ3n) is 14.3. The first-order chi connectivity index (χ1) is 34.6. The number of benzene rings is 10. The lowest BCUT2D eigenvalue weighted by Gasteiger charge is -2.34. The molecule has 0 saturated heterocycles. The average Bonchev–Trinajstić information content (AvgIpc) is 3.97. The van der Waals surface area contributed by atoms with Gasteiger partial charge in [-0.2, -0.15) is 0 Å². The summed E-state index contributed by atoms with van der Waals surface area (Å²) in [5.41, 5.74) is 19.7. The van der Waals surface area contributed by atoms with Gasteiger partial charge in [0.1, 0.15) is 0 Å². The van der Waals surface area contributed by atoms with E-state index in [1.807, 2.05) is 41.3 Å². The molecule has 1 atom stereocenters. The summed E-state index contributed by atoms with van der Waals surface area (Å²) >= 11 is 0. The van der Waals surface area contributed by atoms with Gasteiger partial charge in [0.15, 0.2) is 0 Å².